The predicted octanol–water partition coefficient (Wildman–Crippen LogP) is 2.70. The zero-order valence-electron chi connectivity index (χ0n) is 11.8. The van der Waals surface area contributed by atoms with Crippen molar-refractivity contribution in [1.82, 2.24) is 5.32 Å². The van der Waals surface area contributed by atoms with Crippen LogP contribution in [-0.4, -0.2) is 25.8 Å². The smallest absolute Gasteiger partial charge is 0.0802 e. The van der Waals surface area contributed by atoms with E-state index in [0.29, 0.717) is 0 Å². The van der Waals surface area contributed by atoms with Crippen LogP contribution in [0.5, 0.6) is 0 Å². The first-order chi connectivity index (χ1) is 9.33. The number of anilines is 1. The van der Waals surface area contributed by atoms with Crippen molar-refractivity contribution in [1.29, 1.82) is 0 Å². The summed E-state index contributed by atoms with van der Waals surface area (Å²) in [6.07, 6.45) is 6.15. The number of para-hydroxylation sites is 1. The highest BCUT2D eigenvalue weighted by molar-refractivity contribution is 5.59. The van der Waals surface area contributed by atoms with Gasteiger partial charge in [0.15, 0.2) is 0 Å². The minimum Gasteiger partial charge on any atom is -0.385 e. The van der Waals surface area contributed by atoms with E-state index in [9.17, 15) is 0 Å². The van der Waals surface area contributed by atoms with Crippen LogP contribution in [0.3, 0.4) is 0 Å². The van der Waals surface area contributed by atoms with E-state index in [1.807, 2.05) is 7.11 Å². The summed E-state index contributed by atoms with van der Waals surface area (Å²) in [4.78, 5) is 0. The van der Waals surface area contributed by atoms with Crippen LogP contribution in [0.25, 0.3) is 0 Å². The van der Waals surface area contributed by atoms with E-state index in [2.05, 4.69) is 28.8 Å². The highest BCUT2D eigenvalue weighted by Gasteiger charge is 2.36. The van der Waals surface area contributed by atoms with Gasteiger partial charge in [0.1, 0.15) is 0 Å². The molecular weight excluding hydrogens is 236 g/mol. The summed E-state index contributed by atoms with van der Waals surface area (Å²) in [6.45, 7) is 3.00. The lowest BCUT2D eigenvalue weighted by Gasteiger charge is -2.40. The third kappa shape index (κ3) is 2.63. The molecule has 1 fully saturated rings. The summed E-state index contributed by atoms with van der Waals surface area (Å²) in [5, 5.41) is 7.13. The SMILES string of the molecule is COC1(CNCc2cccc3c2NCCC3)CCC1. The molecule has 0 radical (unpaired) electrons. The van der Waals surface area contributed by atoms with Crippen molar-refractivity contribution in [2.45, 2.75) is 44.2 Å². The Kier molecular flexibility index (Phi) is 3.76. The summed E-state index contributed by atoms with van der Waals surface area (Å²) in [5.41, 5.74) is 4.34. The highest BCUT2D eigenvalue weighted by atomic mass is 16.5. The van der Waals surface area contributed by atoms with Crippen LogP contribution in [0.15, 0.2) is 18.2 Å². The lowest BCUT2D eigenvalue weighted by Crippen LogP contribution is -2.47. The first kappa shape index (κ1) is 12.9. The monoisotopic (exact) mass is 260 g/mol. The second kappa shape index (κ2) is 5.51. The topological polar surface area (TPSA) is 33.3 Å². The average Bonchev–Trinajstić information content (AvgIpc) is 2.42. The van der Waals surface area contributed by atoms with Crippen LogP contribution in [-0.2, 0) is 17.7 Å². The van der Waals surface area contributed by atoms with Crippen LogP contribution >= 0.6 is 0 Å². The standard InChI is InChI=1S/C16H24N2O/c1-19-16(8-4-9-16)12-17-11-14-6-2-5-13-7-3-10-18-15(13)14/h2,5-6,17-18H,3-4,7-12H2,1H3. The summed E-state index contributed by atoms with van der Waals surface area (Å²) in [6, 6.07) is 6.65. The third-order valence-corrected chi connectivity index (χ3v) is 4.62. The number of aryl methyl sites for hydroxylation is 1. The van der Waals surface area contributed by atoms with Gasteiger partial charge in [-0.15, -0.1) is 0 Å². The second-order valence-electron chi connectivity index (χ2n) is 5.83. The van der Waals surface area contributed by atoms with E-state index in [4.69, 9.17) is 4.74 Å². The molecule has 0 bridgehead atoms. The van der Waals surface area contributed by atoms with Gasteiger partial charge in [0.05, 0.1) is 5.60 Å². The van der Waals surface area contributed by atoms with Crippen molar-refractivity contribution in [2.24, 2.45) is 0 Å². The van der Waals surface area contributed by atoms with Gasteiger partial charge < -0.3 is 15.4 Å². The van der Waals surface area contributed by atoms with Gasteiger partial charge in [-0.05, 0) is 43.2 Å². The minimum atomic E-state index is 0.113. The lowest BCUT2D eigenvalue weighted by atomic mass is 9.80. The number of rotatable bonds is 5. The van der Waals surface area contributed by atoms with Gasteiger partial charge >= 0.3 is 0 Å². The van der Waals surface area contributed by atoms with Gasteiger partial charge in [-0.1, -0.05) is 18.2 Å². The molecule has 1 saturated carbocycles. The number of hydrogen-bond donors (Lipinski definition) is 2. The van der Waals surface area contributed by atoms with Gasteiger partial charge in [-0.25, -0.2) is 0 Å². The molecule has 1 aliphatic heterocycles. The molecule has 1 aromatic carbocycles. The third-order valence-electron chi connectivity index (χ3n) is 4.62. The van der Waals surface area contributed by atoms with Gasteiger partial charge in [0.25, 0.3) is 0 Å². The van der Waals surface area contributed by atoms with Crippen LogP contribution in [0, 0.1) is 0 Å². The molecule has 3 nitrogen and oxygen atoms in total. The van der Waals surface area contributed by atoms with E-state index in [1.165, 1.54) is 48.9 Å². The fraction of sp³-hybridized carbons (Fsp3) is 0.625. The summed E-state index contributed by atoms with van der Waals surface area (Å²) in [5.74, 6) is 0. The Morgan fingerprint density at radius 3 is 2.95 bits per heavy atom. The maximum absolute atomic E-state index is 5.65. The number of hydrogen-bond acceptors (Lipinski definition) is 3. The Balaban J connectivity index is 1.61. The lowest BCUT2D eigenvalue weighted by molar-refractivity contribution is -0.0695. The molecule has 0 spiro atoms. The molecule has 1 aromatic rings. The molecule has 0 atom stereocenters. The fourth-order valence-electron chi connectivity index (χ4n) is 3.18. The number of ether oxygens (including phenoxy) is 1. The van der Waals surface area contributed by atoms with E-state index < -0.39 is 0 Å². The number of nitrogens with one attached hydrogen (secondary N) is 2. The van der Waals surface area contributed by atoms with Crippen LogP contribution < -0.4 is 10.6 Å². The predicted molar refractivity (Wildman–Crippen MR) is 78.6 cm³/mol. The minimum absolute atomic E-state index is 0.113. The molecule has 0 amide bonds. The molecule has 1 heterocycles. The maximum atomic E-state index is 5.65. The largest absolute Gasteiger partial charge is 0.385 e. The molecule has 0 unspecified atom stereocenters. The molecule has 0 saturated heterocycles. The molecule has 1 aliphatic carbocycles. The molecular formula is C16H24N2O. The summed E-state index contributed by atoms with van der Waals surface area (Å²) < 4.78 is 5.65. The van der Waals surface area contributed by atoms with Crippen molar-refractivity contribution in [3.05, 3.63) is 29.3 Å². The van der Waals surface area contributed by atoms with E-state index in [-0.39, 0.29) is 5.60 Å². The molecule has 0 aromatic heterocycles. The maximum Gasteiger partial charge on any atom is 0.0802 e. The van der Waals surface area contributed by atoms with Crippen molar-refractivity contribution >= 4 is 5.69 Å². The van der Waals surface area contributed by atoms with E-state index in [0.717, 1.165) is 19.6 Å². The van der Waals surface area contributed by atoms with Gasteiger partial charge in [0.2, 0.25) is 0 Å². The average molecular weight is 260 g/mol. The summed E-state index contributed by atoms with van der Waals surface area (Å²) in [7, 11) is 1.84. The van der Waals surface area contributed by atoms with Crippen LogP contribution in [0.1, 0.15) is 36.8 Å². The molecule has 3 heteroatoms. The number of benzene rings is 1. The first-order valence-corrected chi connectivity index (χ1v) is 7.43. The molecule has 2 N–H and O–H groups in total. The Morgan fingerprint density at radius 2 is 2.21 bits per heavy atom. The number of methoxy groups -OCH3 is 1. The van der Waals surface area contributed by atoms with Crippen LogP contribution in [0.4, 0.5) is 5.69 Å². The summed E-state index contributed by atoms with van der Waals surface area (Å²) >= 11 is 0. The fourth-order valence-corrected chi connectivity index (χ4v) is 3.18. The molecule has 19 heavy (non-hydrogen) atoms. The van der Waals surface area contributed by atoms with Gasteiger partial charge in [0, 0.05) is 32.4 Å². The van der Waals surface area contributed by atoms with Crippen molar-refractivity contribution < 1.29 is 4.74 Å². The normalized spacial score (nSPS) is 20.3. The van der Waals surface area contributed by atoms with E-state index in [1.54, 1.807) is 0 Å². The van der Waals surface area contributed by atoms with Crippen molar-refractivity contribution in [2.75, 3.05) is 25.5 Å². The Hall–Kier alpha value is -1.06. The Labute approximate surface area is 115 Å². The van der Waals surface area contributed by atoms with Gasteiger partial charge in [-0.2, -0.15) is 0 Å². The second-order valence-corrected chi connectivity index (χ2v) is 5.83. The highest BCUT2D eigenvalue weighted by Crippen LogP contribution is 2.34. The van der Waals surface area contributed by atoms with Crippen molar-refractivity contribution in [3.8, 4) is 0 Å². The molecule has 3 rings (SSSR count). The van der Waals surface area contributed by atoms with E-state index >= 15 is 0 Å². The van der Waals surface area contributed by atoms with Crippen LogP contribution in [0.2, 0.25) is 0 Å². The number of fused-ring (bicyclic) bond motifs is 1. The zero-order chi connectivity index (χ0) is 13.1. The molecule has 2 aliphatic rings. The Bertz CT molecular complexity index is 435. The quantitative estimate of drug-likeness (QED) is 0.854. The Morgan fingerprint density at radius 1 is 1.32 bits per heavy atom. The first-order valence-electron chi connectivity index (χ1n) is 7.43. The van der Waals surface area contributed by atoms with Crippen molar-refractivity contribution in [3.63, 3.8) is 0 Å². The molecule has 104 valence electrons. The van der Waals surface area contributed by atoms with Gasteiger partial charge in [-0.3, -0.25) is 0 Å². The zero-order valence-corrected chi connectivity index (χ0v) is 11.8.